The zero-order chi connectivity index (χ0) is 13.8. The predicted octanol–water partition coefficient (Wildman–Crippen LogP) is 1.02. The van der Waals surface area contributed by atoms with Crippen molar-refractivity contribution in [1.82, 2.24) is 4.72 Å². The van der Waals surface area contributed by atoms with Gasteiger partial charge in [-0.15, -0.1) is 0 Å². The first kappa shape index (κ1) is 14.9. The lowest BCUT2D eigenvalue weighted by atomic mass is 10.1. The Hall–Kier alpha value is -1.11. The fourth-order valence-electron chi connectivity index (χ4n) is 1.45. The highest BCUT2D eigenvalue weighted by Crippen LogP contribution is 2.18. The summed E-state index contributed by atoms with van der Waals surface area (Å²) in [6.45, 7) is 3.48. The molecule has 5 nitrogen and oxygen atoms in total. The van der Waals surface area contributed by atoms with Gasteiger partial charge >= 0.3 is 0 Å². The van der Waals surface area contributed by atoms with Crippen LogP contribution >= 0.6 is 0 Å². The molecule has 0 saturated carbocycles. The molecule has 0 aliphatic carbocycles. The van der Waals surface area contributed by atoms with Gasteiger partial charge in [0.1, 0.15) is 5.75 Å². The highest BCUT2D eigenvalue weighted by molar-refractivity contribution is 7.90. The molecule has 1 aromatic carbocycles. The number of hydrogen-bond donors (Lipinski definition) is 2. The Bertz CT molecular complexity index is 471. The summed E-state index contributed by atoms with van der Waals surface area (Å²) in [5.41, 5.74) is 6.25. The van der Waals surface area contributed by atoms with Gasteiger partial charge in [0.05, 0.1) is 12.4 Å². The summed E-state index contributed by atoms with van der Waals surface area (Å²) in [5.74, 6) is 0.740. The van der Waals surface area contributed by atoms with E-state index in [-0.39, 0.29) is 12.6 Å². The molecule has 1 rings (SSSR count). The first-order valence-corrected chi connectivity index (χ1v) is 7.30. The van der Waals surface area contributed by atoms with Crippen LogP contribution in [0.4, 0.5) is 0 Å². The minimum Gasteiger partial charge on any atom is -0.497 e. The summed E-state index contributed by atoms with van der Waals surface area (Å²) in [5, 5.41) is -0.599. The maximum absolute atomic E-state index is 11.9. The molecule has 3 N–H and O–H groups in total. The maximum atomic E-state index is 11.9. The number of methoxy groups -OCH3 is 1. The van der Waals surface area contributed by atoms with E-state index in [1.54, 1.807) is 33.1 Å². The molecule has 0 aliphatic heterocycles. The van der Waals surface area contributed by atoms with E-state index >= 15 is 0 Å². The quantitative estimate of drug-likeness (QED) is 0.810. The highest BCUT2D eigenvalue weighted by Gasteiger charge is 2.21. The van der Waals surface area contributed by atoms with Crippen LogP contribution in [-0.2, 0) is 10.0 Å². The van der Waals surface area contributed by atoms with Crippen molar-refractivity contribution in [1.29, 1.82) is 0 Å². The number of nitrogens with one attached hydrogen (secondary N) is 1. The first-order valence-electron chi connectivity index (χ1n) is 5.76. The van der Waals surface area contributed by atoms with Crippen molar-refractivity contribution in [2.45, 2.75) is 25.1 Å². The molecule has 0 heterocycles. The molecule has 0 fully saturated rings. The summed E-state index contributed by atoms with van der Waals surface area (Å²) in [4.78, 5) is 0. The number of benzene rings is 1. The number of rotatable bonds is 6. The van der Waals surface area contributed by atoms with Crippen LogP contribution in [0.3, 0.4) is 0 Å². The SMILES string of the molecule is COc1ccc(C(C)NS(=O)(=O)C(C)CN)cc1. The van der Waals surface area contributed by atoms with Gasteiger partial charge in [-0.25, -0.2) is 13.1 Å². The van der Waals surface area contributed by atoms with E-state index in [4.69, 9.17) is 10.5 Å². The smallest absolute Gasteiger partial charge is 0.216 e. The van der Waals surface area contributed by atoms with Crippen molar-refractivity contribution in [2.24, 2.45) is 5.73 Å². The number of hydrogen-bond acceptors (Lipinski definition) is 4. The maximum Gasteiger partial charge on any atom is 0.216 e. The van der Waals surface area contributed by atoms with Gasteiger partial charge in [0, 0.05) is 12.6 Å². The highest BCUT2D eigenvalue weighted by atomic mass is 32.2. The van der Waals surface area contributed by atoms with Crippen molar-refractivity contribution >= 4 is 10.0 Å². The third kappa shape index (κ3) is 3.69. The third-order valence-corrected chi connectivity index (χ3v) is 4.75. The van der Waals surface area contributed by atoms with E-state index < -0.39 is 15.3 Å². The van der Waals surface area contributed by atoms with Gasteiger partial charge in [-0.1, -0.05) is 12.1 Å². The zero-order valence-electron chi connectivity index (χ0n) is 10.9. The molecule has 0 aromatic heterocycles. The van der Waals surface area contributed by atoms with Gasteiger partial charge in [0.25, 0.3) is 0 Å². The molecule has 18 heavy (non-hydrogen) atoms. The lowest BCUT2D eigenvalue weighted by Crippen LogP contribution is -2.38. The second kappa shape index (κ2) is 6.17. The van der Waals surface area contributed by atoms with Crippen molar-refractivity contribution in [2.75, 3.05) is 13.7 Å². The normalized spacial score (nSPS) is 15.1. The number of ether oxygens (including phenoxy) is 1. The van der Waals surface area contributed by atoms with E-state index in [1.807, 2.05) is 12.1 Å². The van der Waals surface area contributed by atoms with Crippen molar-refractivity contribution < 1.29 is 13.2 Å². The van der Waals surface area contributed by atoms with Crippen LogP contribution in [0.5, 0.6) is 5.75 Å². The van der Waals surface area contributed by atoms with Crippen molar-refractivity contribution in [3.8, 4) is 5.75 Å². The van der Waals surface area contributed by atoms with E-state index in [0.717, 1.165) is 11.3 Å². The topological polar surface area (TPSA) is 81.4 Å². The molecule has 0 radical (unpaired) electrons. The first-order chi connectivity index (χ1) is 8.40. The summed E-state index contributed by atoms with van der Waals surface area (Å²) >= 11 is 0. The molecule has 2 unspecified atom stereocenters. The van der Waals surface area contributed by atoms with Gasteiger partial charge in [0.15, 0.2) is 0 Å². The fourth-order valence-corrected chi connectivity index (χ4v) is 2.56. The van der Waals surface area contributed by atoms with Gasteiger partial charge in [-0.05, 0) is 31.5 Å². The molecular weight excluding hydrogens is 252 g/mol. The molecule has 1 aromatic rings. The second-order valence-corrected chi connectivity index (χ2v) is 6.33. The molecule has 2 atom stereocenters. The standard InChI is InChI=1S/C12H20N2O3S/c1-9(8-13)18(15,16)14-10(2)11-4-6-12(17-3)7-5-11/h4-7,9-10,14H,8,13H2,1-3H3. The monoisotopic (exact) mass is 272 g/mol. The van der Waals surface area contributed by atoms with Gasteiger partial charge < -0.3 is 10.5 Å². The number of nitrogens with two attached hydrogens (primary N) is 1. The molecular formula is C12H20N2O3S. The van der Waals surface area contributed by atoms with Crippen LogP contribution in [0.15, 0.2) is 24.3 Å². The minimum atomic E-state index is -3.38. The fraction of sp³-hybridized carbons (Fsp3) is 0.500. The van der Waals surface area contributed by atoms with Gasteiger partial charge in [-0.2, -0.15) is 0 Å². The Morgan fingerprint density at radius 1 is 1.28 bits per heavy atom. The average Bonchev–Trinajstić information content (AvgIpc) is 2.37. The Kier molecular flexibility index (Phi) is 5.13. The summed E-state index contributed by atoms with van der Waals surface area (Å²) in [6, 6.07) is 6.96. The lowest BCUT2D eigenvalue weighted by molar-refractivity contribution is 0.414. The second-order valence-electron chi connectivity index (χ2n) is 4.20. The molecule has 102 valence electrons. The number of sulfonamides is 1. The predicted molar refractivity (Wildman–Crippen MR) is 72.0 cm³/mol. The summed E-state index contributed by atoms with van der Waals surface area (Å²) in [6.07, 6.45) is 0. The van der Waals surface area contributed by atoms with Crippen LogP contribution < -0.4 is 15.2 Å². The molecule has 0 amide bonds. The van der Waals surface area contributed by atoms with Crippen LogP contribution in [0, 0.1) is 0 Å². The largest absolute Gasteiger partial charge is 0.497 e. The van der Waals surface area contributed by atoms with Crippen LogP contribution in [-0.4, -0.2) is 27.3 Å². The molecule has 6 heteroatoms. The molecule has 0 bridgehead atoms. The molecule has 0 aliphatic rings. The van der Waals surface area contributed by atoms with Crippen LogP contribution in [0.2, 0.25) is 0 Å². The van der Waals surface area contributed by atoms with E-state index in [9.17, 15) is 8.42 Å². The third-order valence-electron chi connectivity index (χ3n) is 2.82. The Morgan fingerprint density at radius 3 is 2.28 bits per heavy atom. The summed E-state index contributed by atoms with van der Waals surface area (Å²) < 4.78 is 31.4. The lowest BCUT2D eigenvalue weighted by Gasteiger charge is -2.18. The van der Waals surface area contributed by atoms with Crippen molar-refractivity contribution in [3.05, 3.63) is 29.8 Å². The minimum absolute atomic E-state index is 0.102. The van der Waals surface area contributed by atoms with Crippen LogP contribution in [0.1, 0.15) is 25.5 Å². The van der Waals surface area contributed by atoms with E-state index in [1.165, 1.54) is 0 Å². The van der Waals surface area contributed by atoms with Gasteiger partial charge in [-0.3, -0.25) is 0 Å². The Balaban J connectivity index is 2.78. The summed E-state index contributed by atoms with van der Waals surface area (Å²) in [7, 11) is -1.79. The molecule has 0 saturated heterocycles. The van der Waals surface area contributed by atoms with Gasteiger partial charge in [0.2, 0.25) is 10.0 Å². The molecule has 0 spiro atoms. The van der Waals surface area contributed by atoms with Crippen LogP contribution in [0.25, 0.3) is 0 Å². The zero-order valence-corrected chi connectivity index (χ0v) is 11.7. The Morgan fingerprint density at radius 2 is 1.83 bits per heavy atom. The average molecular weight is 272 g/mol. The van der Waals surface area contributed by atoms with E-state index in [0.29, 0.717) is 0 Å². The van der Waals surface area contributed by atoms with Crippen molar-refractivity contribution in [3.63, 3.8) is 0 Å². The Labute approximate surface area is 108 Å². The van der Waals surface area contributed by atoms with E-state index in [2.05, 4.69) is 4.72 Å².